The molecule has 1 fully saturated rings. The molecular weight excluding hydrogens is 476 g/mol. The van der Waals surface area contributed by atoms with Crippen molar-refractivity contribution in [2.75, 3.05) is 40.0 Å². The number of cyclic esters (lactones) is 1. The third-order valence-electron chi connectivity index (χ3n) is 8.29. The highest BCUT2D eigenvalue weighted by Gasteiger charge is 2.45. The smallest absolute Gasteiger partial charge is 0.343 e. The van der Waals surface area contributed by atoms with Gasteiger partial charge >= 0.3 is 5.97 Å². The number of carbonyl (C=O) groups excluding carboxylic acids is 1. The van der Waals surface area contributed by atoms with Crippen LogP contribution < -0.4 is 15.0 Å². The van der Waals surface area contributed by atoms with E-state index in [1.54, 1.807) is 17.6 Å². The Kier molecular flexibility index (Phi) is 4.92. The molecular formula is C27H28N4O6. The van der Waals surface area contributed by atoms with Gasteiger partial charge in [-0.1, -0.05) is 6.92 Å². The first-order valence-electron chi connectivity index (χ1n) is 12.7. The van der Waals surface area contributed by atoms with Crippen LogP contribution in [0.3, 0.4) is 0 Å². The molecule has 6 heterocycles. The zero-order chi connectivity index (χ0) is 25.5. The quantitative estimate of drug-likeness (QED) is 0.416. The summed E-state index contributed by atoms with van der Waals surface area (Å²) in [6.07, 6.45) is 0.104. The average Bonchev–Trinajstić information content (AvgIpc) is 3.53. The summed E-state index contributed by atoms with van der Waals surface area (Å²) >= 11 is 0. The number of benzene rings is 1. The van der Waals surface area contributed by atoms with Gasteiger partial charge in [0.2, 0.25) is 6.79 Å². The summed E-state index contributed by atoms with van der Waals surface area (Å²) in [7, 11) is 2.13. The van der Waals surface area contributed by atoms with Crippen molar-refractivity contribution in [2.24, 2.45) is 0 Å². The fourth-order valence-electron chi connectivity index (χ4n) is 6.00. The molecule has 7 rings (SSSR count). The standard InChI is InChI=1S/C27H28N4O6/c1-3-27(34)19-10-20-22-17(12-31(20)25(32)18(19)13-35-26(27)33)16(11-30-8-6-29(2)7-9-30)15-4-5-21-24(23(15)28-22)37-14-36-21/h4-5,10,34H,3,6-9,11-14H2,1-2H3/t27-/m0/s1. The summed E-state index contributed by atoms with van der Waals surface area (Å²) < 4.78 is 18.4. The molecule has 0 radical (unpaired) electrons. The number of pyridine rings is 2. The first kappa shape index (κ1) is 22.7. The zero-order valence-corrected chi connectivity index (χ0v) is 20.9. The Morgan fingerprint density at radius 1 is 1.08 bits per heavy atom. The van der Waals surface area contributed by atoms with Gasteiger partial charge in [-0.05, 0) is 37.2 Å². The number of nitrogens with zero attached hydrogens (tertiary/aromatic N) is 4. The molecule has 0 amide bonds. The van der Waals surface area contributed by atoms with E-state index < -0.39 is 11.6 Å². The van der Waals surface area contributed by atoms with E-state index in [0.717, 1.165) is 49.2 Å². The summed E-state index contributed by atoms with van der Waals surface area (Å²) in [6.45, 7) is 6.67. The molecule has 1 saturated heterocycles. The average molecular weight is 505 g/mol. The molecule has 0 saturated carbocycles. The lowest BCUT2D eigenvalue weighted by Gasteiger charge is -2.33. The van der Waals surface area contributed by atoms with E-state index in [9.17, 15) is 14.7 Å². The zero-order valence-electron chi connectivity index (χ0n) is 20.9. The van der Waals surface area contributed by atoms with Crippen LogP contribution in [0.2, 0.25) is 0 Å². The molecule has 37 heavy (non-hydrogen) atoms. The molecule has 192 valence electrons. The summed E-state index contributed by atoms with van der Waals surface area (Å²) in [6, 6.07) is 5.70. The Labute approximate surface area is 213 Å². The van der Waals surface area contributed by atoms with E-state index in [2.05, 4.69) is 16.8 Å². The highest BCUT2D eigenvalue weighted by atomic mass is 16.7. The number of carbonyl (C=O) groups is 1. The van der Waals surface area contributed by atoms with Crippen LogP contribution in [-0.4, -0.2) is 70.4 Å². The van der Waals surface area contributed by atoms with Crippen LogP contribution in [0.1, 0.15) is 35.6 Å². The summed E-state index contributed by atoms with van der Waals surface area (Å²) in [4.78, 5) is 36.0. The van der Waals surface area contributed by atoms with Gasteiger partial charge in [0, 0.05) is 49.2 Å². The van der Waals surface area contributed by atoms with Gasteiger partial charge in [0.15, 0.2) is 17.1 Å². The Balaban J connectivity index is 1.46. The fourth-order valence-corrected chi connectivity index (χ4v) is 6.00. The number of ether oxygens (including phenoxy) is 3. The van der Waals surface area contributed by atoms with Crippen LogP contribution in [0.4, 0.5) is 0 Å². The third-order valence-corrected chi connectivity index (χ3v) is 8.29. The Morgan fingerprint density at radius 2 is 1.89 bits per heavy atom. The SMILES string of the molecule is CC[C@@]1(O)C(=O)OCc2c1cc1n(c2=O)Cc2c-1nc1c3c(ccc1c2CN1CCN(C)CC1)OCO3. The van der Waals surface area contributed by atoms with E-state index >= 15 is 0 Å². The van der Waals surface area contributed by atoms with E-state index in [-0.39, 0.29) is 25.4 Å². The van der Waals surface area contributed by atoms with Crippen molar-refractivity contribution in [2.45, 2.75) is 38.6 Å². The normalized spacial score (nSPS) is 22.6. The highest BCUT2D eigenvalue weighted by molar-refractivity contribution is 5.94. The van der Waals surface area contributed by atoms with E-state index in [1.165, 1.54) is 0 Å². The fraction of sp³-hybridized carbons (Fsp3) is 0.444. The number of hydrogen-bond acceptors (Lipinski definition) is 9. The monoisotopic (exact) mass is 504 g/mol. The van der Waals surface area contributed by atoms with Gasteiger partial charge < -0.3 is 28.8 Å². The maximum atomic E-state index is 13.7. The molecule has 0 unspecified atom stereocenters. The van der Waals surface area contributed by atoms with Gasteiger partial charge in [0.05, 0.1) is 23.5 Å². The second-order valence-corrected chi connectivity index (χ2v) is 10.3. The number of aliphatic hydroxyl groups is 1. The minimum Gasteiger partial charge on any atom is -0.458 e. The van der Waals surface area contributed by atoms with Crippen molar-refractivity contribution in [3.63, 3.8) is 0 Å². The highest BCUT2D eigenvalue weighted by Crippen LogP contribution is 2.45. The molecule has 3 aromatic rings. The van der Waals surface area contributed by atoms with Crippen LogP contribution in [0.5, 0.6) is 11.5 Å². The first-order chi connectivity index (χ1) is 17.9. The van der Waals surface area contributed by atoms with Crippen molar-refractivity contribution < 1.29 is 24.1 Å². The third kappa shape index (κ3) is 3.19. The molecule has 2 aromatic heterocycles. The number of rotatable bonds is 3. The second kappa shape index (κ2) is 8.01. The van der Waals surface area contributed by atoms with Crippen LogP contribution in [0.15, 0.2) is 23.0 Å². The van der Waals surface area contributed by atoms with Gasteiger partial charge in [-0.2, -0.15) is 0 Å². The summed E-state index contributed by atoms with van der Waals surface area (Å²) in [5.41, 5.74) is 2.59. The van der Waals surface area contributed by atoms with Crippen LogP contribution in [-0.2, 0) is 34.8 Å². The molecule has 4 aliphatic rings. The molecule has 0 aliphatic carbocycles. The lowest BCUT2D eigenvalue weighted by Crippen LogP contribution is -2.44. The molecule has 1 N–H and O–H groups in total. The van der Waals surface area contributed by atoms with Crippen molar-refractivity contribution in [3.8, 4) is 22.9 Å². The minimum absolute atomic E-state index is 0.104. The molecule has 4 aliphatic heterocycles. The molecule has 0 spiro atoms. The number of esters is 1. The van der Waals surface area contributed by atoms with Gasteiger partial charge in [-0.3, -0.25) is 9.69 Å². The minimum atomic E-state index is -1.86. The predicted molar refractivity (Wildman–Crippen MR) is 133 cm³/mol. The van der Waals surface area contributed by atoms with Crippen molar-refractivity contribution in [1.29, 1.82) is 0 Å². The van der Waals surface area contributed by atoms with E-state index in [0.29, 0.717) is 46.1 Å². The number of piperazine rings is 1. The first-order valence-corrected chi connectivity index (χ1v) is 12.7. The summed E-state index contributed by atoms with van der Waals surface area (Å²) in [5.74, 6) is 0.525. The lowest BCUT2D eigenvalue weighted by molar-refractivity contribution is -0.172. The largest absolute Gasteiger partial charge is 0.458 e. The van der Waals surface area contributed by atoms with Gasteiger partial charge in [-0.15, -0.1) is 0 Å². The topological polar surface area (TPSA) is 106 Å². The Bertz CT molecular complexity index is 1540. The molecule has 10 heteroatoms. The molecule has 1 atom stereocenters. The number of likely N-dealkylation sites (N-methyl/N-ethyl adjacent to an activating group) is 1. The van der Waals surface area contributed by atoms with Crippen molar-refractivity contribution >= 4 is 16.9 Å². The number of aromatic nitrogens is 2. The summed E-state index contributed by atoms with van der Waals surface area (Å²) in [5, 5.41) is 12.2. The maximum absolute atomic E-state index is 13.7. The van der Waals surface area contributed by atoms with Crippen molar-refractivity contribution in [1.82, 2.24) is 19.4 Å². The van der Waals surface area contributed by atoms with Crippen LogP contribution >= 0.6 is 0 Å². The Hall–Kier alpha value is -3.47. The maximum Gasteiger partial charge on any atom is 0.343 e. The van der Waals surface area contributed by atoms with Crippen LogP contribution in [0, 0.1) is 0 Å². The second-order valence-electron chi connectivity index (χ2n) is 10.3. The predicted octanol–water partition coefficient (Wildman–Crippen LogP) is 1.56. The van der Waals surface area contributed by atoms with E-state index in [4.69, 9.17) is 19.2 Å². The Morgan fingerprint density at radius 3 is 2.68 bits per heavy atom. The lowest BCUT2D eigenvalue weighted by atomic mass is 9.86. The van der Waals surface area contributed by atoms with Crippen molar-refractivity contribution in [3.05, 3.63) is 50.8 Å². The van der Waals surface area contributed by atoms with Gasteiger partial charge in [0.25, 0.3) is 5.56 Å². The number of fused-ring (bicyclic) bond motifs is 7. The molecule has 10 nitrogen and oxygen atoms in total. The molecule has 0 bridgehead atoms. The van der Waals surface area contributed by atoms with Gasteiger partial charge in [0.1, 0.15) is 12.1 Å². The van der Waals surface area contributed by atoms with Crippen LogP contribution in [0.25, 0.3) is 22.3 Å². The molecule has 1 aromatic carbocycles. The van der Waals surface area contributed by atoms with Gasteiger partial charge in [-0.25, -0.2) is 9.78 Å². The van der Waals surface area contributed by atoms with E-state index in [1.807, 2.05) is 12.1 Å². The number of hydrogen-bond donors (Lipinski definition) is 1.